The summed E-state index contributed by atoms with van der Waals surface area (Å²) in [7, 11) is 0. The Hall–Kier alpha value is -2.61. The Bertz CT molecular complexity index is 1080. The summed E-state index contributed by atoms with van der Waals surface area (Å²) in [5.74, 6) is -0.670. The van der Waals surface area contributed by atoms with Gasteiger partial charge in [0.1, 0.15) is 0 Å². The van der Waals surface area contributed by atoms with Crippen molar-refractivity contribution in [3.8, 4) is 0 Å². The highest BCUT2D eigenvalue weighted by atomic mass is 16.4. The van der Waals surface area contributed by atoms with Gasteiger partial charge in [-0.2, -0.15) is 0 Å². The van der Waals surface area contributed by atoms with Gasteiger partial charge in [0.2, 0.25) is 0 Å². The van der Waals surface area contributed by atoms with Gasteiger partial charge in [-0.05, 0) is 57.1 Å². The number of carbonyl (C=O) groups is 1. The molecule has 1 N–H and O–H groups in total. The first kappa shape index (κ1) is 19.7. The third-order valence-electron chi connectivity index (χ3n) is 6.21. The summed E-state index contributed by atoms with van der Waals surface area (Å²) < 4.78 is 0. The van der Waals surface area contributed by atoms with Gasteiger partial charge < -0.3 is 5.11 Å². The lowest BCUT2D eigenvalue weighted by Crippen LogP contribution is -1.93. The van der Waals surface area contributed by atoms with Crippen LogP contribution in [0.15, 0.2) is 54.6 Å². The van der Waals surface area contributed by atoms with E-state index in [0.29, 0.717) is 6.42 Å². The molecule has 4 rings (SSSR count). The molecule has 0 saturated heterocycles. The SMILES string of the molecule is O=C(O)CCCCCCCCCCc1ccc2ccc3cccc4ccc1c2c34. The van der Waals surface area contributed by atoms with E-state index in [1.165, 1.54) is 76.4 Å². The van der Waals surface area contributed by atoms with Crippen LogP contribution in [0.2, 0.25) is 0 Å². The number of aryl methyl sites for hydroxylation is 1. The zero-order valence-electron chi connectivity index (χ0n) is 17.1. The summed E-state index contributed by atoms with van der Waals surface area (Å²) in [4.78, 5) is 10.5. The summed E-state index contributed by atoms with van der Waals surface area (Å²) in [6.07, 6.45) is 10.8. The first-order valence-electron chi connectivity index (χ1n) is 11.1. The van der Waals surface area contributed by atoms with Gasteiger partial charge in [-0.3, -0.25) is 4.79 Å². The molecular formula is C27H30O2. The monoisotopic (exact) mass is 386 g/mol. The van der Waals surface area contributed by atoms with Crippen molar-refractivity contribution < 1.29 is 9.90 Å². The van der Waals surface area contributed by atoms with Gasteiger partial charge >= 0.3 is 5.97 Å². The standard InChI is InChI=1S/C27H30O2/c28-25(29)13-8-6-4-2-1-3-5-7-10-20-14-15-23-17-16-21-11-9-12-22-18-19-24(20)27(23)26(21)22/h9,11-12,14-19H,1-8,10,13H2,(H,28,29). The zero-order chi connectivity index (χ0) is 20.1. The molecule has 0 atom stereocenters. The van der Waals surface area contributed by atoms with Gasteiger partial charge in [0.25, 0.3) is 0 Å². The van der Waals surface area contributed by atoms with E-state index in [4.69, 9.17) is 5.11 Å². The number of carboxylic acids is 1. The second kappa shape index (κ2) is 9.26. The van der Waals surface area contributed by atoms with Crippen molar-refractivity contribution in [1.29, 1.82) is 0 Å². The van der Waals surface area contributed by atoms with Crippen LogP contribution < -0.4 is 0 Å². The van der Waals surface area contributed by atoms with Crippen molar-refractivity contribution in [3.63, 3.8) is 0 Å². The zero-order valence-corrected chi connectivity index (χ0v) is 17.1. The van der Waals surface area contributed by atoms with E-state index in [2.05, 4.69) is 54.6 Å². The van der Waals surface area contributed by atoms with Crippen LogP contribution in [0, 0.1) is 0 Å². The van der Waals surface area contributed by atoms with E-state index in [0.717, 1.165) is 19.3 Å². The number of hydrogen-bond donors (Lipinski definition) is 1. The second-order valence-corrected chi connectivity index (χ2v) is 8.30. The van der Waals surface area contributed by atoms with Crippen LogP contribution in [-0.4, -0.2) is 11.1 Å². The molecule has 29 heavy (non-hydrogen) atoms. The molecule has 0 radical (unpaired) electrons. The van der Waals surface area contributed by atoms with Gasteiger partial charge in [-0.25, -0.2) is 0 Å². The van der Waals surface area contributed by atoms with Gasteiger partial charge in [-0.1, -0.05) is 93.1 Å². The van der Waals surface area contributed by atoms with E-state index in [9.17, 15) is 4.79 Å². The van der Waals surface area contributed by atoms with Crippen LogP contribution in [0.25, 0.3) is 32.3 Å². The molecule has 0 amide bonds. The summed E-state index contributed by atoms with van der Waals surface area (Å²) in [5, 5.41) is 16.9. The molecule has 0 aliphatic heterocycles. The van der Waals surface area contributed by atoms with Crippen molar-refractivity contribution in [3.05, 3.63) is 60.2 Å². The Morgan fingerprint density at radius 2 is 1.17 bits per heavy atom. The molecule has 0 heterocycles. The lowest BCUT2D eigenvalue weighted by Gasteiger charge is -2.14. The minimum Gasteiger partial charge on any atom is -0.481 e. The fraction of sp³-hybridized carbons (Fsp3) is 0.370. The van der Waals surface area contributed by atoms with Crippen LogP contribution in [0.5, 0.6) is 0 Å². The molecule has 2 nitrogen and oxygen atoms in total. The molecule has 0 saturated carbocycles. The third-order valence-corrected chi connectivity index (χ3v) is 6.21. The van der Waals surface area contributed by atoms with Crippen LogP contribution in [-0.2, 0) is 11.2 Å². The molecule has 0 aromatic heterocycles. The average molecular weight is 387 g/mol. The molecule has 0 aliphatic carbocycles. The number of unbranched alkanes of at least 4 members (excludes halogenated alkanes) is 7. The number of aliphatic carboxylic acids is 1. The largest absolute Gasteiger partial charge is 0.481 e. The molecular weight excluding hydrogens is 356 g/mol. The average Bonchev–Trinajstić information content (AvgIpc) is 2.73. The number of hydrogen-bond acceptors (Lipinski definition) is 1. The number of benzene rings is 4. The van der Waals surface area contributed by atoms with E-state index in [1.54, 1.807) is 0 Å². The molecule has 150 valence electrons. The molecule has 4 aromatic rings. The van der Waals surface area contributed by atoms with Crippen molar-refractivity contribution in [1.82, 2.24) is 0 Å². The molecule has 4 aromatic carbocycles. The quantitative estimate of drug-likeness (QED) is 0.211. The van der Waals surface area contributed by atoms with Gasteiger partial charge in [0.05, 0.1) is 0 Å². The maximum absolute atomic E-state index is 10.5. The maximum atomic E-state index is 10.5. The molecule has 0 spiro atoms. The van der Waals surface area contributed by atoms with Crippen molar-refractivity contribution in [2.24, 2.45) is 0 Å². The van der Waals surface area contributed by atoms with E-state index in [1.807, 2.05) is 0 Å². The van der Waals surface area contributed by atoms with Gasteiger partial charge in [-0.15, -0.1) is 0 Å². The lowest BCUT2D eigenvalue weighted by molar-refractivity contribution is -0.137. The highest BCUT2D eigenvalue weighted by Crippen LogP contribution is 2.36. The molecule has 0 fully saturated rings. The Morgan fingerprint density at radius 1 is 0.621 bits per heavy atom. The maximum Gasteiger partial charge on any atom is 0.303 e. The predicted molar refractivity (Wildman–Crippen MR) is 123 cm³/mol. The number of rotatable bonds is 11. The first-order chi connectivity index (χ1) is 14.2. The summed E-state index contributed by atoms with van der Waals surface area (Å²) in [5.41, 5.74) is 1.48. The molecule has 0 bridgehead atoms. The van der Waals surface area contributed by atoms with Crippen molar-refractivity contribution in [2.75, 3.05) is 0 Å². The highest BCUT2D eigenvalue weighted by Gasteiger charge is 2.10. The van der Waals surface area contributed by atoms with Gasteiger partial charge in [0.15, 0.2) is 0 Å². The summed E-state index contributed by atoms with van der Waals surface area (Å²) in [6.45, 7) is 0. The highest BCUT2D eigenvalue weighted by molar-refractivity contribution is 6.23. The van der Waals surface area contributed by atoms with Crippen molar-refractivity contribution in [2.45, 2.75) is 64.2 Å². The fourth-order valence-corrected chi connectivity index (χ4v) is 4.67. The fourth-order valence-electron chi connectivity index (χ4n) is 4.67. The Labute approximate surface area is 172 Å². The first-order valence-corrected chi connectivity index (χ1v) is 11.1. The van der Waals surface area contributed by atoms with Gasteiger partial charge in [0, 0.05) is 6.42 Å². The van der Waals surface area contributed by atoms with Crippen LogP contribution in [0.1, 0.15) is 63.4 Å². The van der Waals surface area contributed by atoms with E-state index in [-0.39, 0.29) is 0 Å². The normalized spacial score (nSPS) is 11.7. The van der Waals surface area contributed by atoms with Crippen molar-refractivity contribution >= 4 is 38.3 Å². The van der Waals surface area contributed by atoms with Crippen LogP contribution >= 0.6 is 0 Å². The van der Waals surface area contributed by atoms with E-state index >= 15 is 0 Å². The smallest absolute Gasteiger partial charge is 0.303 e. The Kier molecular flexibility index (Phi) is 6.29. The minimum atomic E-state index is -0.670. The molecule has 2 heteroatoms. The topological polar surface area (TPSA) is 37.3 Å². The lowest BCUT2D eigenvalue weighted by atomic mass is 9.90. The minimum absolute atomic E-state index is 0.319. The van der Waals surface area contributed by atoms with E-state index < -0.39 is 5.97 Å². The molecule has 0 unspecified atom stereocenters. The summed E-state index contributed by atoms with van der Waals surface area (Å²) >= 11 is 0. The summed E-state index contributed by atoms with van der Waals surface area (Å²) in [6, 6.07) is 20.3. The number of carboxylic acid groups (broad SMARTS) is 1. The third kappa shape index (κ3) is 4.53. The predicted octanol–water partition coefficient (Wildman–Crippen LogP) is 7.72. The van der Waals surface area contributed by atoms with Crippen LogP contribution in [0.4, 0.5) is 0 Å². The Morgan fingerprint density at radius 3 is 1.86 bits per heavy atom. The van der Waals surface area contributed by atoms with Crippen LogP contribution in [0.3, 0.4) is 0 Å². The molecule has 0 aliphatic rings. The Balaban J connectivity index is 1.32. The second-order valence-electron chi connectivity index (χ2n) is 8.30.